The maximum atomic E-state index is 11.5. The number of benzene rings is 1. The maximum Gasteiger partial charge on any atom is 0.165 e. The first-order valence-electron chi connectivity index (χ1n) is 5.74. The topological polar surface area (TPSA) is 53.3 Å². The molecule has 4 heteroatoms. The van der Waals surface area contributed by atoms with Crippen molar-refractivity contribution in [3.63, 3.8) is 0 Å². The normalized spacial score (nSPS) is 31.2. The van der Waals surface area contributed by atoms with Gasteiger partial charge < -0.3 is 0 Å². The summed E-state index contributed by atoms with van der Waals surface area (Å²) in [6, 6.07) is 9.75. The van der Waals surface area contributed by atoms with Crippen molar-refractivity contribution in [3.05, 3.63) is 35.4 Å². The SMILES string of the molecule is N#Cc1ccc([C@H]2C[C@H]3ON2CCC3=O)cc1. The van der Waals surface area contributed by atoms with Crippen molar-refractivity contribution in [2.75, 3.05) is 6.54 Å². The molecule has 2 heterocycles. The number of hydrogen-bond acceptors (Lipinski definition) is 4. The molecule has 0 N–H and O–H groups in total. The molecular formula is C13H12N2O2. The number of rotatable bonds is 1. The Bertz CT molecular complexity index is 489. The van der Waals surface area contributed by atoms with Gasteiger partial charge in [0.2, 0.25) is 0 Å². The van der Waals surface area contributed by atoms with Crippen molar-refractivity contribution in [1.82, 2.24) is 5.06 Å². The molecule has 17 heavy (non-hydrogen) atoms. The van der Waals surface area contributed by atoms with Crippen LogP contribution >= 0.6 is 0 Å². The van der Waals surface area contributed by atoms with Crippen LogP contribution in [0.5, 0.6) is 0 Å². The van der Waals surface area contributed by atoms with Crippen LogP contribution in [-0.2, 0) is 9.63 Å². The zero-order valence-electron chi connectivity index (χ0n) is 9.30. The summed E-state index contributed by atoms with van der Waals surface area (Å²) in [5.41, 5.74) is 1.77. The number of nitrogens with zero attached hydrogens (tertiary/aromatic N) is 2. The fraction of sp³-hybridized carbons (Fsp3) is 0.385. The van der Waals surface area contributed by atoms with E-state index < -0.39 is 0 Å². The van der Waals surface area contributed by atoms with Crippen LogP contribution in [0.2, 0.25) is 0 Å². The van der Waals surface area contributed by atoms with E-state index in [1.54, 1.807) is 12.1 Å². The van der Waals surface area contributed by atoms with Crippen molar-refractivity contribution < 1.29 is 9.63 Å². The summed E-state index contributed by atoms with van der Waals surface area (Å²) in [4.78, 5) is 17.1. The van der Waals surface area contributed by atoms with E-state index >= 15 is 0 Å². The zero-order chi connectivity index (χ0) is 11.8. The van der Waals surface area contributed by atoms with E-state index in [-0.39, 0.29) is 17.9 Å². The second kappa shape index (κ2) is 3.95. The lowest BCUT2D eigenvalue weighted by Crippen LogP contribution is -2.33. The summed E-state index contributed by atoms with van der Waals surface area (Å²) in [6.45, 7) is 0.667. The van der Waals surface area contributed by atoms with Crippen LogP contribution in [0.1, 0.15) is 30.0 Å². The Morgan fingerprint density at radius 2 is 2.12 bits per heavy atom. The predicted octanol–water partition coefficient (Wildman–Crippen LogP) is 1.58. The van der Waals surface area contributed by atoms with Gasteiger partial charge in [-0.3, -0.25) is 9.63 Å². The summed E-state index contributed by atoms with van der Waals surface area (Å²) >= 11 is 0. The van der Waals surface area contributed by atoms with Gasteiger partial charge in [0.25, 0.3) is 0 Å². The van der Waals surface area contributed by atoms with E-state index in [0.717, 1.165) is 12.0 Å². The minimum Gasteiger partial charge on any atom is -0.297 e. The summed E-state index contributed by atoms with van der Waals surface area (Å²) in [5.74, 6) is 0.206. The third-order valence-corrected chi connectivity index (χ3v) is 3.41. The van der Waals surface area contributed by atoms with Crippen molar-refractivity contribution in [1.29, 1.82) is 5.26 Å². The van der Waals surface area contributed by atoms with Crippen LogP contribution in [0, 0.1) is 11.3 Å². The summed E-state index contributed by atoms with van der Waals surface area (Å²) in [5, 5.41) is 10.6. The Balaban J connectivity index is 1.85. The van der Waals surface area contributed by atoms with Gasteiger partial charge >= 0.3 is 0 Å². The van der Waals surface area contributed by atoms with Gasteiger partial charge in [-0.05, 0) is 17.7 Å². The van der Waals surface area contributed by atoms with Crippen molar-refractivity contribution >= 4 is 5.78 Å². The first-order valence-corrected chi connectivity index (χ1v) is 5.74. The largest absolute Gasteiger partial charge is 0.297 e. The van der Waals surface area contributed by atoms with Crippen LogP contribution in [0.15, 0.2) is 24.3 Å². The Morgan fingerprint density at radius 3 is 2.76 bits per heavy atom. The molecular weight excluding hydrogens is 216 g/mol. The maximum absolute atomic E-state index is 11.5. The van der Waals surface area contributed by atoms with E-state index in [1.807, 2.05) is 17.2 Å². The second-order valence-corrected chi connectivity index (χ2v) is 4.44. The number of nitriles is 1. The molecule has 1 aromatic carbocycles. The average molecular weight is 228 g/mol. The van der Waals surface area contributed by atoms with E-state index in [9.17, 15) is 4.79 Å². The zero-order valence-corrected chi connectivity index (χ0v) is 9.30. The summed E-state index contributed by atoms with van der Waals surface area (Å²) in [7, 11) is 0. The molecule has 1 unspecified atom stereocenters. The van der Waals surface area contributed by atoms with Gasteiger partial charge in [0.15, 0.2) is 5.78 Å². The van der Waals surface area contributed by atoms with Crippen LogP contribution in [-0.4, -0.2) is 23.5 Å². The average Bonchev–Trinajstić information content (AvgIpc) is 2.74. The first-order chi connectivity index (χ1) is 8.28. The Morgan fingerprint density at radius 1 is 1.35 bits per heavy atom. The number of carbonyl (C=O) groups excluding carboxylic acids is 1. The molecule has 2 aliphatic heterocycles. The highest BCUT2D eigenvalue weighted by atomic mass is 16.7. The molecule has 4 nitrogen and oxygen atoms in total. The molecule has 0 amide bonds. The molecule has 0 aromatic heterocycles. The van der Waals surface area contributed by atoms with E-state index in [0.29, 0.717) is 18.5 Å². The van der Waals surface area contributed by atoms with Crippen molar-refractivity contribution in [3.8, 4) is 6.07 Å². The Hall–Kier alpha value is -1.70. The van der Waals surface area contributed by atoms with Gasteiger partial charge in [0.05, 0.1) is 17.7 Å². The van der Waals surface area contributed by atoms with E-state index in [1.165, 1.54) is 0 Å². The van der Waals surface area contributed by atoms with Crippen molar-refractivity contribution in [2.24, 2.45) is 0 Å². The number of carbonyl (C=O) groups is 1. The van der Waals surface area contributed by atoms with Crippen LogP contribution in [0.4, 0.5) is 0 Å². The van der Waals surface area contributed by atoms with Gasteiger partial charge in [-0.15, -0.1) is 0 Å². The first kappa shape index (κ1) is 10.5. The lowest BCUT2D eigenvalue weighted by Gasteiger charge is -2.24. The number of hydroxylamine groups is 2. The molecule has 86 valence electrons. The van der Waals surface area contributed by atoms with Gasteiger partial charge in [0, 0.05) is 19.4 Å². The molecule has 0 saturated carbocycles. The molecule has 2 saturated heterocycles. The fourth-order valence-corrected chi connectivity index (χ4v) is 2.46. The van der Waals surface area contributed by atoms with Gasteiger partial charge in [0.1, 0.15) is 6.10 Å². The van der Waals surface area contributed by atoms with Crippen LogP contribution < -0.4 is 0 Å². The third-order valence-electron chi connectivity index (χ3n) is 3.41. The standard InChI is InChI=1S/C13H12N2O2/c14-8-9-1-3-10(4-2-9)11-7-13-12(16)5-6-15(11)17-13/h1-4,11,13H,5-7H2/t11-,13-/m1/s1. The highest BCUT2D eigenvalue weighted by molar-refractivity contribution is 5.84. The van der Waals surface area contributed by atoms with Gasteiger partial charge in [-0.25, -0.2) is 0 Å². The molecule has 0 radical (unpaired) electrons. The smallest absolute Gasteiger partial charge is 0.165 e. The van der Waals surface area contributed by atoms with Crippen molar-refractivity contribution in [2.45, 2.75) is 25.0 Å². The summed E-state index contributed by atoms with van der Waals surface area (Å²) < 4.78 is 0. The minimum atomic E-state index is -0.260. The molecule has 0 spiro atoms. The summed E-state index contributed by atoms with van der Waals surface area (Å²) in [6.07, 6.45) is 1.05. The molecule has 0 aliphatic carbocycles. The van der Waals surface area contributed by atoms with Gasteiger partial charge in [-0.2, -0.15) is 10.3 Å². The highest BCUT2D eigenvalue weighted by Gasteiger charge is 2.41. The lowest BCUT2D eigenvalue weighted by atomic mass is 10.0. The number of hydrogen-bond donors (Lipinski definition) is 0. The molecule has 2 bridgehead atoms. The fourth-order valence-electron chi connectivity index (χ4n) is 2.46. The monoisotopic (exact) mass is 228 g/mol. The Kier molecular flexibility index (Phi) is 2.43. The van der Waals surface area contributed by atoms with Crippen LogP contribution in [0.3, 0.4) is 0 Å². The molecule has 2 aliphatic rings. The lowest BCUT2D eigenvalue weighted by molar-refractivity contribution is -0.189. The molecule has 2 fully saturated rings. The third kappa shape index (κ3) is 1.74. The van der Waals surface area contributed by atoms with Gasteiger partial charge in [-0.1, -0.05) is 12.1 Å². The van der Waals surface area contributed by atoms with Crippen LogP contribution in [0.25, 0.3) is 0 Å². The highest BCUT2D eigenvalue weighted by Crippen LogP contribution is 2.37. The number of ketones is 1. The second-order valence-electron chi connectivity index (χ2n) is 4.44. The van der Waals surface area contributed by atoms with E-state index in [2.05, 4.69) is 6.07 Å². The quantitative estimate of drug-likeness (QED) is 0.732. The molecule has 3 rings (SSSR count). The number of Topliss-reactive ketones (excluding diaryl/α,β-unsaturated/α-hetero) is 1. The van der Waals surface area contributed by atoms with E-state index in [4.69, 9.17) is 10.1 Å². The minimum absolute atomic E-state index is 0.152. The number of fused-ring (bicyclic) bond motifs is 2. The molecule has 1 aromatic rings. The molecule has 3 atom stereocenters. The Labute approximate surface area is 99.4 Å². The predicted molar refractivity (Wildman–Crippen MR) is 59.7 cm³/mol.